The fourth-order valence-corrected chi connectivity index (χ4v) is 6.51. The van der Waals surface area contributed by atoms with Crippen molar-refractivity contribution in [1.29, 1.82) is 0 Å². The molecule has 0 aliphatic heterocycles. The molecule has 2 aliphatic carbocycles. The van der Waals surface area contributed by atoms with Crippen LogP contribution in [-0.4, -0.2) is 6.09 Å². The number of amides is 1. The minimum atomic E-state index is -0.470. The Balaban J connectivity index is 1.66. The topological polar surface area (TPSA) is 38.3 Å². The molecular weight excluding hydrogens is 406 g/mol. The van der Waals surface area contributed by atoms with Crippen LogP contribution in [0.2, 0.25) is 5.02 Å². The van der Waals surface area contributed by atoms with Gasteiger partial charge in [0.1, 0.15) is 5.75 Å². The summed E-state index contributed by atoms with van der Waals surface area (Å²) in [4.78, 5) is 12.6. The number of halogens is 1. The van der Waals surface area contributed by atoms with Gasteiger partial charge in [-0.05, 0) is 89.8 Å². The number of anilines is 1. The molecule has 0 aromatic heterocycles. The lowest BCUT2D eigenvalue weighted by Crippen LogP contribution is -2.48. The largest absolute Gasteiger partial charge is 0.417 e. The zero-order valence-electron chi connectivity index (χ0n) is 19.3. The van der Waals surface area contributed by atoms with E-state index >= 15 is 0 Å². The third kappa shape index (κ3) is 4.09. The molecule has 1 fully saturated rings. The number of carbonyl (C=O) groups is 1. The van der Waals surface area contributed by atoms with Crippen molar-refractivity contribution in [3.05, 3.63) is 58.1 Å². The summed E-state index contributed by atoms with van der Waals surface area (Å²) >= 11 is 5.93. The van der Waals surface area contributed by atoms with Gasteiger partial charge >= 0.3 is 6.09 Å². The lowest BCUT2D eigenvalue weighted by Gasteiger charge is -2.54. The van der Waals surface area contributed by atoms with Crippen LogP contribution in [-0.2, 0) is 11.8 Å². The molecule has 0 saturated heterocycles. The van der Waals surface area contributed by atoms with Gasteiger partial charge in [-0.3, -0.25) is 5.32 Å². The van der Waals surface area contributed by atoms with Crippen molar-refractivity contribution in [1.82, 2.24) is 0 Å². The van der Waals surface area contributed by atoms with Gasteiger partial charge in [-0.2, -0.15) is 0 Å². The van der Waals surface area contributed by atoms with Crippen LogP contribution in [0, 0.1) is 11.3 Å². The van der Waals surface area contributed by atoms with E-state index < -0.39 is 6.09 Å². The van der Waals surface area contributed by atoms with Gasteiger partial charge in [0.15, 0.2) is 0 Å². The molecule has 4 heteroatoms. The Kier molecular flexibility index (Phi) is 5.85. The quantitative estimate of drug-likeness (QED) is 0.524. The fraction of sp³-hybridized carbons (Fsp3) is 0.519. The first-order valence-corrected chi connectivity index (χ1v) is 11.9. The summed E-state index contributed by atoms with van der Waals surface area (Å²) in [6.45, 7) is 11.7. The van der Waals surface area contributed by atoms with Crippen molar-refractivity contribution >= 4 is 23.4 Å². The Hall–Kier alpha value is -2.00. The number of ether oxygens (including phenoxy) is 1. The van der Waals surface area contributed by atoms with E-state index in [9.17, 15) is 4.79 Å². The molecule has 0 radical (unpaired) electrons. The summed E-state index contributed by atoms with van der Waals surface area (Å²) < 4.78 is 5.83. The Morgan fingerprint density at radius 1 is 1.10 bits per heavy atom. The van der Waals surface area contributed by atoms with E-state index in [2.05, 4.69) is 46.0 Å². The maximum Gasteiger partial charge on any atom is 0.417 e. The smallest absolute Gasteiger partial charge is 0.410 e. The van der Waals surface area contributed by atoms with Crippen LogP contribution in [0.4, 0.5) is 10.5 Å². The van der Waals surface area contributed by atoms with Gasteiger partial charge < -0.3 is 4.74 Å². The molecule has 0 bridgehead atoms. The van der Waals surface area contributed by atoms with Crippen LogP contribution in [0.3, 0.4) is 0 Å². The average molecular weight is 440 g/mol. The van der Waals surface area contributed by atoms with Crippen LogP contribution in [0.15, 0.2) is 36.4 Å². The average Bonchev–Trinajstić information content (AvgIpc) is 2.68. The van der Waals surface area contributed by atoms with E-state index in [1.54, 1.807) is 24.3 Å². The number of hydrogen-bond acceptors (Lipinski definition) is 2. The van der Waals surface area contributed by atoms with Crippen LogP contribution in [0.5, 0.6) is 5.75 Å². The normalized spacial score (nSPS) is 24.3. The lowest BCUT2D eigenvalue weighted by atomic mass is 9.50. The molecular formula is C27H34ClNO2. The van der Waals surface area contributed by atoms with Gasteiger partial charge in [0, 0.05) is 16.3 Å². The summed E-state index contributed by atoms with van der Waals surface area (Å²) in [5, 5.41) is 3.44. The predicted octanol–water partition coefficient (Wildman–Crippen LogP) is 8.10. The molecule has 31 heavy (non-hydrogen) atoms. The first kappa shape index (κ1) is 22.2. The highest BCUT2D eigenvalue weighted by molar-refractivity contribution is 6.30. The second-order valence-corrected chi connectivity index (χ2v) is 11.0. The summed E-state index contributed by atoms with van der Waals surface area (Å²) in [5.74, 6) is 1.66. The lowest BCUT2D eigenvalue weighted by molar-refractivity contribution is 0.0404. The third-order valence-corrected chi connectivity index (χ3v) is 7.97. The van der Waals surface area contributed by atoms with Gasteiger partial charge in [0.25, 0.3) is 0 Å². The first-order valence-electron chi connectivity index (χ1n) is 11.5. The molecule has 1 saturated carbocycles. The predicted molar refractivity (Wildman–Crippen MR) is 128 cm³/mol. The summed E-state index contributed by atoms with van der Waals surface area (Å²) in [5.41, 5.74) is 5.30. The molecule has 4 rings (SSSR count). The molecule has 166 valence electrons. The van der Waals surface area contributed by atoms with Crippen LogP contribution in [0.1, 0.15) is 82.9 Å². The Morgan fingerprint density at radius 2 is 1.81 bits per heavy atom. The molecule has 0 heterocycles. The molecule has 0 spiro atoms. The van der Waals surface area contributed by atoms with E-state index in [0.29, 0.717) is 27.8 Å². The SMILES string of the molecule is CC(C)c1c(OC(=O)Nc2ccc(Cl)cc2)ccc2c1CCC1C(C)(C)CCC[C@]21C. The van der Waals surface area contributed by atoms with Crippen molar-refractivity contribution in [2.45, 2.75) is 78.1 Å². The van der Waals surface area contributed by atoms with E-state index in [4.69, 9.17) is 16.3 Å². The summed E-state index contributed by atoms with van der Waals surface area (Å²) in [7, 11) is 0. The number of nitrogens with one attached hydrogen (secondary N) is 1. The van der Waals surface area contributed by atoms with Crippen LogP contribution >= 0.6 is 11.6 Å². The van der Waals surface area contributed by atoms with E-state index in [0.717, 1.165) is 6.42 Å². The Morgan fingerprint density at radius 3 is 2.48 bits per heavy atom. The minimum absolute atomic E-state index is 0.197. The number of hydrogen-bond donors (Lipinski definition) is 1. The molecule has 2 atom stereocenters. The Labute approximate surface area is 191 Å². The van der Waals surface area contributed by atoms with Gasteiger partial charge in [-0.15, -0.1) is 0 Å². The first-order chi connectivity index (χ1) is 14.6. The van der Waals surface area contributed by atoms with Gasteiger partial charge in [0.05, 0.1) is 0 Å². The zero-order valence-corrected chi connectivity index (χ0v) is 20.1. The number of fused-ring (bicyclic) bond motifs is 3. The van der Waals surface area contributed by atoms with Gasteiger partial charge in [-0.1, -0.05) is 58.7 Å². The molecule has 2 aromatic carbocycles. The minimum Gasteiger partial charge on any atom is -0.410 e. The molecule has 1 unspecified atom stereocenters. The second kappa shape index (κ2) is 8.16. The van der Waals surface area contributed by atoms with E-state index in [1.807, 2.05) is 6.07 Å². The zero-order chi connectivity index (χ0) is 22.4. The standard InChI is InChI=1S/C27H34ClNO2/c1-17(2)24-20-11-14-23-26(3,4)15-6-16-27(23,5)21(20)12-13-22(24)31-25(30)29-19-9-7-18(28)8-10-19/h7-10,12-13,17,23H,6,11,14-16H2,1-5H3,(H,29,30)/t23?,27-/m1/s1. The molecule has 2 aliphatic rings. The molecule has 1 amide bonds. The van der Waals surface area contributed by atoms with Gasteiger partial charge in [-0.25, -0.2) is 4.79 Å². The summed E-state index contributed by atoms with van der Waals surface area (Å²) in [6.07, 6.45) is 5.62. The molecule has 3 nitrogen and oxygen atoms in total. The van der Waals surface area contributed by atoms with E-state index in [-0.39, 0.29) is 11.3 Å². The number of rotatable bonds is 3. The van der Waals surface area contributed by atoms with Crippen molar-refractivity contribution in [2.75, 3.05) is 5.32 Å². The highest BCUT2D eigenvalue weighted by Crippen LogP contribution is 2.58. The monoisotopic (exact) mass is 439 g/mol. The third-order valence-electron chi connectivity index (χ3n) is 7.72. The molecule has 2 aromatic rings. The maximum absolute atomic E-state index is 12.6. The second-order valence-electron chi connectivity index (χ2n) is 10.5. The number of benzene rings is 2. The highest BCUT2D eigenvalue weighted by atomic mass is 35.5. The van der Waals surface area contributed by atoms with Crippen molar-refractivity contribution < 1.29 is 9.53 Å². The number of carbonyl (C=O) groups excluding carboxylic acids is 1. The van der Waals surface area contributed by atoms with Crippen LogP contribution in [0.25, 0.3) is 0 Å². The van der Waals surface area contributed by atoms with Gasteiger partial charge in [0.2, 0.25) is 0 Å². The maximum atomic E-state index is 12.6. The Bertz CT molecular complexity index is 979. The van der Waals surface area contributed by atoms with Crippen molar-refractivity contribution in [3.63, 3.8) is 0 Å². The van der Waals surface area contributed by atoms with Crippen LogP contribution < -0.4 is 10.1 Å². The summed E-state index contributed by atoms with van der Waals surface area (Å²) in [6, 6.07) is 11.3. The highest BCUT2D eigenvalue weighted by Gasteiger charge is 2.50. The van der Waals surface area contributed by atoms with E-state index in [1.165, 1.54) is 42.4 Å². The van der Waals surface area contributed by atoms with Crippen molar-refractivity contribution in [3.8, 4) is 5.75 Å². The fourth-order valence-electron chi connectivity index (χ4n) is 6.39. The van der Waals surface area contributed by atoms with Crippen molar-refractivity contribution in [2.24, 2.45) is 11.3 Å². The molecule has 1 N–H and O–H groups in total.